The Labute approximate surface area is 183 Å². The molecule has 0 saturated heterocycles. The lowest BCUT2D eigenvalue weighted by Gasteiger charge is -2.22. The van der Waals surface area contributed by atoms with Gasteiger partial charge in [0, 0.05) is 10.8 Å². The highest BCUT2D eigenvalue weighted by atomic mass is 32.1. The Kier molecular flexibility index (Phi) is 7.46. The molecule has 3 aromatic rings. The minimum absolute atomic E-state index is 0.130. The number of aryl methyl sites for hydroxylation is 1. The van der Waals surface area contributed by atoms with Gasteiger partial charge in [0.25, 0.3) is 0 Å². The number of methoxy groups -OCH3 is 1. The van der Waals surface area contributed by atoms with Gasteiger partial charge in [0.2, 0.25) is 0 Å². The van der Waals surface area contributed by atoms with Crippen molar-refractivity contribution in [1.29, 1.82) is 0 Å². The summed E-state index contributed by atoms with van der Waals surface area (Å²) in [5, 5.41) is 0. The van der Waals surface area contributed by atoms with Gasteiger partial charge in [-0.25, -0.2) is 0 Å². The average Bonchev–Trinajstić information content (AvgIpc) is 3.20. The number of ether oxygens (including phenoxy) is 2. The maximum Gasteiger partial charge on any atom is 0.169 e. The highest BCUT2D eigenvalue weighted by molar-refractivity contribution is 7.14. The number of hydrogen-bond donors (Lipinski definition) is 0. The number of thiophene rings is 1. The second-order valence-corrected chi connectivity index (χ2v) is 9.12. The highest BCUT2D eigenvalue weighted by Gasteiger charge is 2.21. The summed E-state index contributed by atoms with van der Waals surface area (Å²) in [6.45, 7) is 9.35. The van der Waals surface area contributed by atoms with Crippen LogP contribution in [0.25, 0.3) is 0 Å². The zero-order valence-electron chi connectivity index (χ0n) is 18.4. The molecular weight excluding hydrogens is 392 g/mol. The molecule has 158 valence electrons. The molecule has 0 aliphatic heterocycles. The molecule has 3 rings (SSSR count). The maximum absolute atomic E-state index is 11.7. The van der Waals surface area contributed by atoms with Gasteiger partial charge in [-0.15, -0.1) is 11.3 Å². The van der Waals surface area contributed by atoms with Crippen LogP contribution in [0.5, 0.6) is 5.75 Å². The Bertz CT molecular complexity index is 986. The Morgan fingerprint density at radius 1 is 1.00 bits per heavy atom. The van der Waals surface area contributed by atoms with Gasteiger partial charge < -0.3 is 9.47 Å². The van der Waals surface area contributed by atoms with Crippen LogP contribution in [0.1, 0.15) is 63.5 Å². The Hall–Kier alpha value is -2.43. The molecule has 1 atom stereocenters. The lowest BCUT2D eigenvalue weighted by atomic mass is 9.86. The first-order valence-corrected chi connectivity index (χ1v) is 11.1. The van der Waals surface area contributed by atoms with Crippen LogP contribution in [-0.2, 0) is 18.0 Å². The van der Waals surface area contributed by atoms with Crippen LogP contribution in [0.15, 0.2) is 54.6 Å². The number of Topliss-reactive ketones (excluding diaryl/α,β-unsaturated/α-hetero) is 1. The van der Waals surface area contributed by atoms with Crippen molar-refractivity contribution in [3.05, 3.63) is 86.6 Å². The second-order valence-electron chi connectivity index (χ2n) is 8.01. The SMILES string of the molecule is COc1ccc(COCc2cc([C@@H](c3ccc(C(C)=O)s3)C(C)C)ccc2C)cc1. The molecular formula is C26H30O3S. The van der Waals surface area contributed by atoms with Gasteiger partial charge in [-0.05, 0) is 66.3 Å². The standard InChI is InChI=1S/C26H30O3S/c1-17(2)26(25-13-12-24(30-25)19(4)27)21-9-6-18(3)22(14-21)16-29-15-20-7-10-23(28-5)11-8-20/h6-14,17,26H,15-16H2,1-5H3/t26-/m0/s1. The third-order valence-corrected chi connectivity index (χ3v) is 6.63. The lowest BCUT2D eigenvalue weighted by Crippen LogP contribution is -2.08. The highest BCUT2D eigenvalue weighted by Crippen LogP contribution is 2.37. The summed E-state index contributed by atoms with van der Waals surface area (Å²) in [5.41, 5.74) is 4.83. The van der Waals surface area contributed by atoms with E-state index in [0.29, 0.717) is 19.1 Å². The van der Waals surface area contributed by atoms with Gasteiger partial charge in [0.1, 0.15) is 5.75 Å². The summed E-state index contributed by atoms with van der Waals surface area (Å²) in [4.78, 5) is 13.8. The van der Waals surface area contributed by atoms with Gasteiger partial charge in [-0.3, -0.25) is 4.79 Å². The van der Waals surface area contributed by atoms with Crippen LogP contribution < -0.4 is 4.74 Å². The Morgan fingerprint density at radius 2 is 1.73 bits per heavy atom. The molecule has 0 radical (unpaired) electrons. The van der Waals surface area contributed by atoms with Crippen LogP contribution in [0.2, 0.25) is 0 Å². The van der Waals surface area contributed by atoms with E-state index in [1.54, 1.807) is 25.4 Å². The van der Waals surface area contributed by atoms with E-state index in [4.69, 9.17) is 9.47 Å². The molecule has 2 aromatic carbocycles. The van der Waals surface area contributed by atoms with Crippen molar-refractivity contribution in [2.75, 3.05) is 7.11 Å². The normalized spacial score (nSPS) is 12.2. The number of carbonyl (C=O) groups is 1. The fourth-order valence-electron chi connectivity index (χ4n) is 3.63. The van der Waals surface area contributed by atoms with Crippen LogP contribution in [0.3, 0.4) is 0 Å². The van der Waals surface area contributed by atoms with E-state index < -0.39 is 0 Å². The van der Waals surface area contributed by atoms with Crippen molar-refractivity contribution in [3.8, 4) is 5.75 Å². The van der Waals surface area contributed by atoms with Crippen molar-refractivity contribution >= 4 is 17.1 Å². The summed E-state index contributed by atoms with van der Waals surface area (Å²) in [6.07, 6.45) is 0. The first kappa shape index (κ1) is 22.3. The number of rotatable bonds is 9. The van der Waals surface area contributed by atoms with E-state index in [9.17, 15) is 4.79 Å². The van der Waals surface area contributed by atoms with E-state index in [0.717, 1.165) is 16.2 Å². The molecule has 0 fully saturated rings. The molecule has 0 N–H and O–H groups in total. The number of carbonyl (C=O) groups excluding carboxylic acids is 1. The van der Waals surface area contributed by atoms with Gasteiger partial charge >= 0.3 is 0 Å². The van der Waals surface area contributed by atoms with Crippen molar-refractivity contribution in [2.24, 2.45) is 5.92 Å². The van der Waals surface area contributed by atoms with Gasteiger partial charge in [0.05, 0.1) is 25.2 Å². The Balaban J connectivity index is 1.75. The topological polar surface area (TPSA) is 35.5 Å². The molecule has 0 aliphatic carbocycles. The average molecular weight is 423 g/mol. The minimum Gasteiger partial charge on any atom is -0.497 e. The fraction of sp³-hybridized carbons (Fsp3) is 0.346. The largest absolute Gasteiger partial charge is 0.497 e. The predicted octanol–water partition coefficient (Wildman–Crippen LogP) is 6.77. The molecule has 0 bridgehead atoms. The van der Waals surface area contributed by atoms with E-state index in [1.165, 1.54) is 21.6 Å². The monoisotopic (exact) mass is 422 g/mol. The third kappa shape index (κ3) is 5.38. The van der Waals surface area contributed by atoms with Crippen molar-refractivity contribution < 1.29 is 14.3 Å². The fourth-order valence-corrected chi connectivity index (χ4v) is 4.83. The van der Waals surface area contributed by atoms with Crippen LogP contribution in [-0.4, -0.2) is 12.9 Å². The van der Waals surface area contributed by atoms with Gasteiger partial charge in [0.15, 0.2) is 5.78 Å². The zero-order chi connectivity index (χ0) is 21.7. The van der Waals surface area contributed by atoms with Gasteiger partial charge in [-0.2, -0.15) is 0 Å². The van der Waals surface area contributed by atoms with Crippen LogP contribution in [0.4, 0.5) is 0 Å². The smallest absolute Gasteiger partial charge is 0.169 e. The molecule has 0 amide bonds. The minimum atomic E-state index is 0.130. The molecule has 30 heavy (non-hydrogen) atoms. The van der Waals surface area contributed by atoms with Gasteiger partial charge in [-0.1, -0.05) is 44.2 Å². The third-order valence-electron chi connectivity index (χ3n) is 5.36. The van der Waals surface area contributed by atoms with Crippen LogP contribution in [0, 0.1) is 12.8 Å². The molecule has 1 heterocycles. The van der Waals surface area contributed by atoms with E-state index in [-0.39, 0.29) is 11.7 Å². The van der Waals surface area contributed by atoms with Crippen molar-refractivity contribution in [2.45, 2.75) is 46.8 Å². The van der Waals surface area contributed by atoms with Crippen molar-refractivity contribution in [3.63, 3.8) is 0 Å². The summed E-state index contributed by atoms with van der Waals surface area (Å²) < 4.78 is 11.2. The quantitative estimate of drug-likeness (QED) is 0.357. The summed E-state index contributed by atoms with van der Waals surface area (Å²) in [6, 6.07) is 18.7. The summed E-state index contributed by atoms with van der Waals surface area (Å²) >= 11 is 1.61. The molecule has 0 unspecified atom stereocenters. The molecule has 0 spiro atoms. The van der Waals surface area contributed by atoms with E-state index in [1.807, 2.05) is 30.3 Å². The summed E-state index contributed by atoms with van der Waals surface area (Å²) in [7, 11) is 1.67. The predicted molar refractivity (Wildman–Crippen MR) is 124 cm³/mol. The van der Waals surface area contributed by atoms with E-state index >= 15 is 0 Å². The Morgan fingerprint density at radius 3 is 2.33 bits per heavy atom. The number of hydrogen-bond acceptors (Lipinski definition) is 4. The summed E-state index contributed by atoms with van der Waals surface area (Å²) in [5.74, 6) is 1.68. The van der Waals surface area contributed by atoms with E-state index in [2.05, 4.69) is 45.0 Å². The molecule has 0 saturated carbocycles. The molecule has 4 heteroatoms. The number of benzene rings is 2. The first-order chi connectivity index (χ1) is 14.4. The molecule has 1 aromatic heterocycles. The number of ketones is 1. The first-order valence-electron chi connectivity index (χ1n) is 10.3. The lowest BCUT2D eigenvalue weighted by molar-refractivity contribution is 0.102. The second kappa shape index (κ2) is 10.1. The maximum atomic E-state index is 11.7. The van der Waals surface area contributed by atoms with Crippen molar-refractivity contribution in [1.82, 2.24) is 0 Å². The zero-order valence-corrected chi connectivity index (χ0v) is 19.2. The molecule has 3 nitrogen and oxygen atoms in total. The van der Waals surface area contributed by atoms with Crippen LogP contribution >= 0.6 is 11.3 Å². The molecule has 0 aliphatic rings.